The number of allylic oxidation sites excluding steroid dienone is 11. The van der Waals surface area contributed by atoms with Gasteiger partial charge in [0.25, 0.3) is 0 Å². The van der Waals surface area contributed by atoms with E-state index >= 15 is 4.39 Å². The maximum atomic E-state index is 15.8. The normalized spacial score (nSPS) is 18.9. The molecular formula is C47H67F5N4O2S. The summed E-state index contributed by atoms with van der Waals surface area (Å²) in [7, 11) is 5.41. The molecule has 1 aromatic rings. The van der Waals surface area contributed by atoms with Crippen molar-refractivity contribution in [3.8, 4) is 6.07 Å². The van der Waals surface area contributed by atoms with E-state index in [1.807, 2.05) is 37.2 Å². The van der Waals surface area contributed by atoms with Gasteiger partial charge in [-0.05, 0) is 125 Å². The van der Waals surface area contributed by atoms with Crippen molar-refractivity contribution in [1.29, 1.82) is 5.26 Å². The summed E-state index contributed by atoms with van der Waals surface area (Å²) in [4.78, 5) is 19.5. The van der Waals surface area contributed by atoms with E-state index in [0.29, 0.717) is 24.0 Å². The van der Waals surface area contributed by atoms with Crippen LogP contribution in [0, 0.1) is 22.7 Å². The Bertz CT molecular complexity index is 1770. The van der Waals surface area contributed by atoms with E-state index in [1.54, 1.807) is 24.3 Å². The number of hydrogen-bond acceptors (Lipinski definition) is 7. The van der Waals surface area contributed by atoms with Crippen LogP contribution in [-0.4, -0.2) is 67.8 Å². The van der Waals surface area contributed by atoms with Gasteiger partial charge in [0.15, 0.2) is 11.6 Å². The molecule has 0 bridgehead atoms. The second kappa shape index (κ2) is 26.2. The zero-order valence-electron chi connectivity index (χ0n) is 37.1. The number of carbonyl (C=O) groups is 1. The number of nitrogens with zero attached hydrogens (tertiary/aromatic N) is 4. The number of ether oxygens (including phenoxy) is 1. The molecule has 1 saturated heterocycles. The second-order valence-corrected chi connectivity index (χ2v) is 16.6. The number of carbonyl (C=O) groups excluding carboxylic acids is 1. The van der Waals surface area contributed by atoms with Crippen molar-refractivity contribution in [2.45, 2.75) is 125 Å². The predicted octanol–water partition coefficient (Wildman–Crippen LogP) is 13.5. The van der Waals surface area contributed by atoms with Crippen molar-refractivity contribution in [2.75, 3.05) is 34.3 Å². The SMILES string of the molecule is C=CC(C)=O.CC(C)c1sccc1C#N.CC/C=C(/N=C1C(F)=C(/C=C/C=C/F)C(C(F)(F)F)=CC/1=C(/C)N(C)C(CC)CCC(C)CC)OC.CN1CCC2(CC2)C1. The lowest BCUT2D eigenvalue weighted by molar-refractivity contribution is -0.112. The van der Waals surface area contributed by atoms with Gasteiger partial charge in [-0.3, -0.25) is 4.79 Å². The number of likely N-dealkylation sites (tertiary alicyclic amines) is 1. The van der Waals surface area contributed by atoms with Crippen LogP contribution in [0.1, 0.15) is 123 Å². The van der Waals surface area contributed by atoms with Crippen molar-refractivity contribution in [3.05, 3.63) is 105 Å². The number of ketones is 1. The fraction of sp³-hybridized carbons (Fsp3) is 0.553. The van der Waals surface area contributed by atoms with Crippen LogP contribution in [0.25, 0.3) is 0 Å². The van der Waals surface area contributed by atoms with Gasteiger partial charge in [0.2, 0.25) is 5.88 Å². The highest BCUT2D eigenvalue weighted by molar-refractivity contribution is 7.10. The molecule has 2 fully saturated rings. The van der Waals surface area contributed by atoms with Crippen LogP contribution >= 0.6 is 11.3 Å². The van der Waals surface area contributed by atoms with Crippen LogP contribution in [0.5, 0.6) is 0 Å². The molecule has 2 aliphatic carbocycles. The number of aliphatic imine (C=N–C) groups is 1. The molecule has 0 N–H and O–H groups in total. The second-order valence-electron chi connectivity index (χ2n) is 15.6. The van der Waals surface area contributed by atoms with Gasteiger partial charge in [-0.2, -0.15) is 18.4 Å². The first-order valence-electron chi connectivity index (χ1n) is 20.5. The predicted molar refractivity (Wildman–Crippen MR) is 235 cm³/mol. The molecule has 1 aliphatic heterocycles. The molecule has 2 atom stereocenters. The van der Waals surface area contributed by atoms with Gasteiger partial charge in [0, 0.05) is 41.4 Å². The number of rotatable bonds is 14. The standard InChI is InChI=1S/C28H39F5N2O.C8H9NS.C7H13N.C4H6O/c1-8-13-25(36-7)34-27-23(20(5)35(6)21(10-3)16-15-19(4)9-2)18-24(28(31,32)33)22(26(27)30)14-11-12-17-29;1-6(2)8-7(5-9)3-4-10-8;1-8-5-4-7(6-8)2-3-7;1-3-4(2)5/h11-14,17-19,21H,8-10,15-16H2,1-7H3;3-4,6H,1-2H3;2-6H2,1H3;3H,1H2,2H3/b14-11+,17-12+,23-20+,25-13-,34-27+;;;. The summed E-state index contributed by atoms with van der Waals surface area (Å²) in [5.41, 5.74) is 0.0522. The van der Waals surface area contributed by atoms with E-state index in [0.717, 1.165) is 61.0 Å². The van der Waals surface area contributed by atoms with E-state index in [9.17, 15) is 22.4 Å². The number of hydrogen-bond donors (Lipinski definition) is 0. The van der Waals surface area contributed by atoms with E-state index in [4.69, 9.17) is 10.00 Å². The van der Waals surface area contributed by atoms with Gasteiger partial charge in [0.1, 0.15) is 11.8 Å². The van der Waals surface area contributed by atoms with Gasteiger partial charge in [0.05, 0.1) is 24.6 Å². The van der Waals surface area contributed by atoms with Gasteiger partial charge in [-0.15, -0.1) is 11.3 Å². The molecule has 2 unspecified atom stereocenters. The molecule has 12 heteroatoms. The maximum absolute atomic E-state index is 15.8. The molecule has 328 valence electrons. The van der Waals surface area contributed by atoms with Gasteiger partial charge in [-0.1, -0.05) is 66.7 Å². The van der Waals surface area contributed by atoms with Crippen LogP contribution in [-0.2, 0) is 9.53 Å². The fourth-order valence-electron chi connectivity index (χ4n) is 6.51. The number of nitriles is 1. The highest BCUT2D eigenvalue weighted by atomic mass is 32.1. The molecular weight excluding hydrogens is 780 g/mol. The van der Waals surface area contributed by atoms with Crippen LogP contribution in [0.3, 0.4) is 0 Å². The molecule has 3 aliphatic rings. The quantitative estimate of drug-likeness (QED) is 0.0807. The Balaban J connectivity index is 0.000000596. The van der Waals surface area contributed by atoms with E-state index < -0.39 is 23.1 Å². The molecule has 59 heavy (non-hydrogen) atoms. The Morgan fingerprint density at radius 3 is 2.19 bits per heavy atom. The summed E-state index contributed by atoms with van der Waals surface area (Å²) >= 11 is 1.66. The minimum atomic E-state index is -4.84. The van der Waals surface area contributed by atoms with Crippen LogP contribution < -0.4 is 0 Å². The number of alkyl halides is 3. The third kappa shape index (κ3) is 17.6. The lowest BCUT2D eigenvalue weighted by Gasteiger charge is -2.33. The first-order chi connectivity index (χ1) is 27.8. The number of thiophene rings is 1. The number of halogens is 5. The summed E-state index contributed by atoms with van der Waals surface area (Å²) < 4.78 is 75.6. The summed E-state index contributed by atoms with van der Waals surface area (Å²) in [6.45, 7) is 21.4. The van der Waals surface area contributed by atoms with Crippen LogP contribution in [0.2, 0.25) is 0 Å². The Morgan fingerprint density at radius 1 is 1.14 bits per heavy atom. The highest BCUT2D eigenvalue weighted by Gasteiger charge is 2.46. The molecule has 2 heterocycles. The largest absolute Gasteiger partial charge is 0.481 e. The van der Waals surface area contributed by atoms with Crippen molar-refractivity contribution in [1.82, 2.24) is 9.80 Å². The van der Waals surface area contributed by atoms with Crippen molar-refractivity contribution in [3.63, 3.8) is 0 Å². The molecule has 0 amide bonds. The lowest BCUT2D eigenvalue weighted by Crippen LogP contribution is -2.32. The van der Waals surface area contributed by atoms with Crippen LogP contribution in [0.15, 0.2) is 99.9 Å². The van der Waals surface area contributed by atoms with Gasteiger partial charge in [-0.25, -0.2) is 13.8 Å². The Morgan fingerprint density at radius 2 is 1.78 bits per heavy atom. The molecule has 6 nitrogen and oxygen atoms in total. The van der Waals surface area contributed by atoms with Gasteiger partial charge >= 0.3 is 6.18 Å². The van der Waals surface area contributed by atoms with E-state index in [-0.39, 0.29) is 35.3 Å². The van der Waals surface area contributed by atoms with Crippen molar-refractivity contribution >= 4 is 22.8 Å². The lowest BCUT2D eigenvalue weighted by atomic mass is 9.89. The first-order valence-corrected chi connectivity index (χ1v) is 21.4. The molecule has 1 spiro atoms. The topological polar surface area (TPSA) is 68.9 Å². The summed E-state index contributed by atoms with van der Waals surface area (Å²) in [5, 5.41) is 10.6. The molecule has 0 aromatic carbocycles. The minimum absolute atomic E-state index is 0.0185. The Labute approximate surface area is 355 Å². The molecule has 4 rings (SSSR count). The van der Waals surface area contributed by atoms with Crippen molar-refractivity contribution in [2.24, 2.45) is 16.3 Å². The summed E-state index contributed by atoms with van der Waals surface area (Å²) in [5.74, 6) is -0.0295. The average Bonchev–Trinajstić information content (AvgIpc) is 3.59. The minimum Gasteiger partial charge on any atom is -0.481 e. The van der Waals surface area contributed by atoms with Crippen LogP contribution in [0.4, 0.5) is 22.0 Å². The Kier molecular flexibility index (Phi) is 23.5. The summed E-state index contributed by atoms with van der Waals surface area (Å²) in [6.07, 6.45) is 10.6. The van der Waals surface area contributed by atoms with E-state index in [2.05, 4.69) is 57.3 Å². The zero-order valence-corrected chi connectivity index (χ0v) is 37.9. The summed E-state index contributed by atoms with van der Waals surface area (Å²) in [6, 6.07) is 4.10. The van der Waals surface area contributed by atoms with E-state index in [1.165, 1.54) is 57.3 Å². The van der Waals surface area contributed by atoms with Crippen molar-refractivity contribution < 1.29 is 31.5 Å². The Hall–Kier alpha value is -4.08. The smallest absolute Gasteiger partial charge is 0.417 e. The third-order valence-electron chi connectivity index (χ3n) is 10.7. The first kappa shape index (κ1) is 52.9. The third-order valence-corrected chi connectivity index (χ3v) is 11.9. The molecule has 0 radical (unpaired) electrons. The fourth-order valence-corrected chi connectivity index (χ4v) is 7.37. The average molecular weight is 847 g/mol. The highest BCUT2D eigenvalue weighted by Crippen LogP contribution is 2.52. The maximum Gasteiger partial charge on any atom is 0.417 e. The monoisotopic (exact) mass is 846 g/mol. The molecule has 1 saturated carbocycles. The number of methoxy groups -OCH3 is 1. The molecule has 1 aromatic heterocycles. The zero-order chi connectivity index (χ0) is 44.9. The van der Waals surface area contributed by atoms with Gasteiger partial charge < -0.3 is 14.5 Å².